The largest absolute Gasteiger partial charge is 0.476 e. The first-order chi connectivity index (χ1) is 10.5. The van der Waals surface area contributed by atoms with Gasteiger partial charge in [-0.05, 0) is 17.7 Å². The first-order valence-corrected chi connectivity index (χ1v) is 7.08. The average molecular weight is 366 g/mol. The first kappa shape index (κ1) is 15.9. The molecule has 0 unspecified atom stereocenters. The molecule has 1 heterocycles. The fourth-order valence-electron chi connectivity index (χ4n) is 1.70. The molecule has 0 aliphatic rings. The van der Waals surface area contributed by atoms with Crippen LogP contribution in [0.3, 0.4) is 0 Å². The van der Waals surface area contributed by atoms with Gasteiger partial charge in [-0.1, -0.05) is 34.1 Å². The maximum atomic E-state index is 11.9. The summed E-state index contributed by atoms with van der Waals surface area (Å²) in [6.07, 6.45) is 0. The second kappa shape index (κ2) is 6.99. The highest BCUT2D eigenvalue weighted by Gasteiger charge is 2.10. The van der Waals surface area contributed by atoms with Gasteiger partial charge in [0, 0.05) is 17.1 Å². The summed E-state index contributed by atoms with van der Waals surface area (Å²) in [7, 11) is 0. The molecule has 0 spiro atoms. The van der Waals surface area contributed by atoms with Crippen LogP contribution >= 0.6 is 15.9 Å². The second-order valence-corrected chi connectivity index (χ2v) is 5.24. The zero-order valence-electron chi connectivity index (χ0n) is 11.3. The predicted octanol–water partition coefficient (Wildman–Crippen LogP) is 1.02. The zero-order valence-corrected chi connectivity index (χ0v) is 12.9. The summed E-state index contributed by atoms with van der Waals surface area (Å²) in [5, 5.41) is 15.1. The van der Waals surface area contributed by atoms with E-state index in [1.807, 2.05) is 24.3 Å². The molecular formula is C14H12BrN3O4. The Morgan fingerprint density at radius 1 is 1.23 bits per heavy atom. The van der Waals surface area contributed by atoms with E-state index in [9.17, 15) is 14.4 Å². The number of nitrogens with one attached hydrogen (secondary N) is 1. The molecule has 1 aromatic heterocycles. The van der Waals surface area contributed by atoms with Crippen molar-refractivity contribution in [1.29, 1.82) is 0 Å². The summed E-state index contributed by atoms with van der Waals surface area (Å²) in [6, 6.07) is 9.56. The summed E-state index contributed by atoms with van der Waals surface area (Å²) in [4.78, 5) is 34.2. The second-order valence-electron chi connectivity index (χ2n) is 4.39. The predicted molar refractivity (Wildman–Crippen MR) is 81.4 cm³/mol. The molecule has 22 heavy (non-hydrogen) atoms. The average Bonchev–Trinajstić information content (AvgIpc) is 2.48. The van der Waals surface area contributed by atoms with Gasteiger partial charge < -0.3 is 10.4 Å². The molecule has 7 nitrogen and oxygen atoms in total. The van der Waals surface area contributed by atoms with E-state index in [-0.39, 0.29) is 18.8 Å². The van der Waals surface area contributed by atoms with Crippen LogP contribution in [0.5, 0.6) is 0 Å². The van der Waals surface area contributed by atoms with Gasteiger partial charge in [0.2, 0.25) is 5.91 Å². The monoisotopic (exact) mass is 365 g/mol. The summed E-state index contributed by atoms with van der Waals surface area (Å²) in [6.45, 7) is -0.0575. The van der Waals surface area contributed by atoms with Crippen molar-refractivity contribution in [3.05, 3.63) is 62.5 Å². The number of carboxylic acid groups (broad SMARTS) is 1. The third kappa shape index (κ3) is 4.01. The minimum Gasteiger partial charge on any atom is -0.476 e. The highest BCUT2D eigenvalue weighted by Crippen LogP contribution is 2.15. The SMILES string of the molecule is O=C(Cn1nc(C(=O)O)ccc1=O)NCc1ccccc1Br. The molecule has 8 heteroatoms. The standard InChI is InChI=1S/C14H12BrN3O4/c15-10-4-2-1-3-9(10)7-16-12(19)8-18-13(20)6-5-11(17-18)14(21)22/h1-6H,7-8H2,(H,16,19)(H,21,22). The minimum atomic E-state index is -1.26. The molecule has 1 amide bonds. The number of aromatic carboxylic acids is 1. The van der Waals surface area contributed by atoms with Gasteiger partial charge in [0.25, 0.3) is 5.56 Å². The zero-order chi connectivity index (χ0) is 16.1. The molecule has 1 aromatic carbocycles. The maximum absolute atomic E-state index is 11.9. The van der Waals surface area contributed by atoms with E-state index in [0.29, 0.717) is 0 Å². The number of nitrogens with zero attached hydrogens (tertiary/aromatic N) is 2. The van der Waals surface area contributed by atoms with Crippen molar-refractivity contribution in [1.82, 2.24) is 15.1 Å². The van der Waals surface area contributed by atoms with Gasteiger partial charge in [-0.25, -0.2) is 9.48 Å². The molecule has 2 N–H and O–H groups in total. The summed E-state index contributed by atoms with van der Waals surface area (Å²) in [5.74, 6) is -1.70. The molecule has 2 rings (SSSR count). The van der Waals surface area contributed by atoms with Gasteiger partial charge >= 0.3 is 5.97 Å². The van der Waals surface area contributed by atoms with Crippen molar-refractivity contribution < 1.29 is 14.7 Å². The van der Waals surface area contributed by atoms with Crippen molar-refractivity contribution >= 4 is 27.8 Å². The summed E-state index contributed by atoms with van der Waals surface area (Å²) in [5.41, 5.74) is 0.0506. The number of carbonyl (C=O) groups excluding carboxylic acids is 1. The Bertz CT molecular complexity index is 773. The smallest absolute Gasteiger partial charge is 0.356 e. The van der Waals surface area contributed by atoms with Crippen LogP contribution in [0.25, 0.3) is 0 Å². The number of carbonyl (C=O) groups is 2. The van der Waals surface area contributed by atoms with E-state index in [1.165, 1.54) is 0 Å². The molecule has 0 saturated carbocycles. The quantitative estimate of drug-likeness (QED) is 0.823. The number of rotatable bonds is 5. The van der Waals surface area contributed by atoms with E-state index < -0.39 is 17.4 Å². The maximum Gasteiger partial charge on any atom is 0.356 e. The normalized spacial score (nSPS) is 10.2. The Morgan fingerprint density at radius 2 is 1.95 bits per heavy atom. The van der Waals surface area contributed by atoms with E-state index in [4.69, 9.17) is 5.11 Å². The first-order valence-electron chi connectivity index (χ1n) is 6.29. The van der Waals surface area contributed by atoms with Crippen LogP contribution in [0.1, 0.15) is 16.1 Å². The molecule has 2 aromatic rings. The lowest BCUT2D eigenvalue weighted by molar-refractivity contribution is -0.122. The minimum absolute atomic E-state index is 0.285. The Hall–Kier alpha value is -2.48. The third-order valence-electron chi connectivity index (χ3n) is 2.81. The van der Waals surface area contributed by atoms with E-state index in [2.05, 4.69) is 26.3 Å². The molecule has 0 radical (unpaired) electrons. The van der Waals surface area contributed by atoms with Crippen molar-refractivity contribution in [3.63, 3.8) is 0 Å². The van der Waals surface area contributed by atoms with Crippen LogP contribution in [0.15, 0.2) is 45.7 Å². The molecule has 0 bridgehead atoms. The van der Waals surface area contributed by atoms with E-state index in [0.717, 1.165) is 26.9 Å². The topological polar surface area (TPSA) is 101 Å². The lowest BCUT2D eigenvalue weighted by atomic mass is 10.2. The molecule has 0 aliphatic heterocycles. The molecule has 114 valence electrons. The van der Waals surface area contributed by atoms with Crippen molar-refractivity contribution in [2.75, 3.05) is 0 Å². The van der Waals surface area contributed by atoms with Gasteiger partial charge in [-0.2, -0.15) is 5.10 Å². The Kier molecular flexibility index (Phi) is 5.05. The van der Waals surface area contributed by atoms with Crippen molar-refractivity contribution in [2.24, 2.45) is 0 Å². The van der Waals surface area contributed by atoms with Crippen molar-refractivity contribution in [2.45, 2.75) is 13.1 Å². The fourth-order valence-corrected chi connectivity index (χ4v) is 2.13. The summed E-state index contributed by atoms with van der Waals surface area (Å²) >= 11 is 3.37. The highest BCUT2D eigenvalue weighted by molar-refractivity contribution is 9.10. The fraction of sp³-hybridized carbons (Fsp3) is 0.143. The van der Waals surface area contributed by atoms with Gasteiger partial charge in [0.05, 0.1) is 0 Å². The molecule has 0 atom stereocenters. The number of amides is 1. The van der Waals surface area contributed by atoms with Gasteiger partial charge in [-0.3, -0.25) is 9.59 Å². The molecule has 0 aliphatic carbocycles. The Morgan fingerprint density at radius 3 is 2.64 bits per heavy atom. The van der Waals surface area contributed by atoms with Crippen LogP contribution in [-0.4, -0.2) is 26.8 Å². The number of carboxylic acids is 1. The van der Waals surface area contributed by atoms with Crippen LogP contribution in [0, 0.1) is 0 Å². The number of benzene rings is 1. The Balaban J connectivity index is 2.03. The van der Waals surface area contributed by atoms with Crippen LogP contribution in [0.2, 0.25) is 0 Å². The van der Waals surface area contributed by atoms with Crippen LogP contribution in [0.4, 0.5) is 0 Å². The summed E-state index contributed by atoms with van der Waals surface area (Å²) < 4.78 is 1.68. The third-order valence-corrected chi connectivity index (χ3v) is 3.59. The lowest BCUT2D eigenvalue weighted by Gasteiger charge is -2.08. The van der Waals surface area contributed by atoms with Crippen molar-refractivity contribution in [3.8, 4) is 0 Å². The highest BCUT2D eigenvalue weighted by atomic mass is 79.9. The number of halogens is 1. The molecule has 0 saturated heterocycles. The lowest BCUT2D eigenvalue weighted by Crippen LogP contribution is -2.34. The van der Waals surface area contributed by atoms with Crippen LogP contribution < -0.4 is 10.9 Å². The number of hydrogen-bond acceptors (Lipinski definition) is 4. The molecule has 0 fully saturated rings. The number of aromatic nitrogens is 2. The van der Waals surface area contributed by atoms with Gasteiger partial charge in [0.15, 0.2) is 5.69 Å². The van der Waals surface area contributed by atoms with E-state index >= 15 is 0 Å². The van der Waals surface area contributed by atoms with Crippen LogP contribution in [-0.2, 0) is 17.9 Å². The Labute approximate surface area is 133 Å². The van der Waals surface area contributed by atoms with E-state index in [1.54, 1.807) is 0 Å². The van der Waals surface area contributed by atoms with Gasteiger partial charge in [-0.15, -0.1) is 0 Å². The number of hydrogen-bond donors (Lipinski definition) is 2. The van der Waals surface area contributed by atoms with Gasteiger partial charge in [0.1, 0.15) is 6.54 Å². The molecular weight excluding hydrogens is 354 g/mol.